The molecule has 0 aliphatic heterocycles. The first-order chi connectivity index (χ1) is 8.61. The Morgan fingerprint density at radius 3 is 2.56 bits per heavy atom. The fraction of sp³-hybridized carbons (Fsp3) is 0.143. The first-order valence-corrected chi connectivity index (χ1v) is 7.04. The number of rotatable bonds is 3. The first kappa shape index (κ1) is 13.9. The van der Waals surface area contributed by atoms with Crippen LogP contribution in [0.15, 0.2) is 46.9 Å². The Morgan fingerprint density at radius 1 is 1.11 bits per heavy atom. The molecule has 1 N–H and O–H groups in total. The number of benzene rings is 2. The van der Waals surface area contributed by atoms with Gasteiger partial charge in [0.2, 0.25) is 0 Å². The molecular weight excluding hydrogens is 333 g/mol. The fourth-order valence-corrected chi connectivity index (χ4v) is 2.73. The van der Waals surface area contributed by atoms with Crippen molar-refractivity contribution in [3.8, 4) is 0 Å². The molecule has 0 saturated heterocycles. The highest BCUT2D eigenvalue weighted by atomic mass is 79.9. The zero-order chi connectivity index (χ0) is 13.1. The third-order valence-electron chi connectivity index (χ3n) is 2.74. The Hall–Kier alpha value is -0.540. The number of hydrogen-bond acceptors (Lipinski definition) is 1. The van der Waals surface area contributed by atoms with Crippen molar-refractivity contribution in [3.63, 3.8) is 0 Å². The highest BCUT2D eigenvalue weighted by molar-refractivity contribution is 9.10. The summed E-state index contributed by atoms with van der Waals surface area (Å²) in [5.41, 5.74) is 2.11. The number of hydrogen-bond donors (Lipinski definition) is 1. The Bertz CT molecular complexity index is 557. The number of nitrogens with one attached hydrogen (secondary N) is 1. The lowest BCUT2D eigenvalue weighted by atomic mass is 9.99. The molecule has 4 heteroatoms. The Balaban J connectivity index is 2.48. The van der Waals surface area contributed by atoms with Gasteiger partial charge in [-0.25, -0.2) is 0 Å². The van der Waals surface area contributed by atoms with Gasteiger partial charge in [0.15, 0.2) is 0 Å². The van der Waals surface area contributed by atoms with Crippen molar-refractivity contribution in [1.82, 2.24) is 5.32 Å². The van der Waals surface area contributed by atoms with Gasteiger partial charge in [-0.1, -0.05) is 51.3 Å². The van der Waals surface area contributed by atoms with Crippen LogP contribution in [0.25, 0.3) is 0 Å². The summed E-state index contributed by atoms with van der Waals surface area (Å²) >= 11 is 15.8. The van der Waals surface area contributed by atoms with Crippen LogP contribution in [0.4, 0.5) is 0 Å². The molecule has 0 fully saturated rings. The van der Waals surface area contributed by atoms with E-state index < -0.39 is 0 Å². The van der Waals surface area contributed by atoms with Gasteiger partial charge < -0.3 is 5.32 Å². The van der Waals surface area contributed by atoms with E-state index >= 15 is 0 Å². The van der Waals surface area contributed by atoms with Gasteiger partial charge >= 0.3 is 0 Å². The molecule has 0 aliphatic rings. The zero-order valence-electron chi connectivity index (χ0n) is 9.75. The molecule has 2 rings (SSSR count). The topological polar surface area (TPSA) is 12.0 Å². The quantitative estimate of drug-likeness (QED) is 0.820. The molecule has 2 aromatic carbocycles. The molecule has 0 saturated carbocycles. The van der Waals surface area contributed by atoms with Gasteiger partial charge in [0, 0.05) is 14.5 Å². The molecule has 0 aliphatic carbocycles. The maximum absolute atomic E-state index is 6.27. The van der Waals surface area contributed by atoms with E-state index in [0.29, 0.717) is 0 Å². The summed E-state index contributed by atoms with van der Waals surface area (Å²) in [4.78, 5) is 0. The average molecular weight is 345 g/mol. The SMILES string of the molecule is CNC(c1cccc(Cl)c1)c1cc(Br)ccc1Cl. The average Bonchev–Trinajstić information content (AvgIpc) is 2.35. The van der Waals surface area contributed by atoms with Crippen LogP contribution in [-0.4, -0.2) is 7.05 Å². The van der Waals surface area contributed by atoms with E-state index in [1.54, 1.807) is 0 Å². The van der Waals surface area contributed by atoms with E-state index in [2.05, 4.69) is 21.2 Å². The smallest absolute Gasteiger partial charge is 0.0589 e. The van der Waals surface area contributed by atoms with E-state index in [4.69, 9.17) is 23.2 Å². The summed E-state index contributed by atoms with van der Waals surface area (Å²) in [6.45, 7) is 0. The lowest BCUT2D eigenvalue weighted by molar-refractivity contribution is 0.692. The van der Waals surface area contributed by atoms with Crippen LogP contribution in [0, 0.1) is 0 Å². The second kappa shape index (κ2) is 6.07. The minimum absolute atomic E-state index is 0.0219. The maximum atomic E-state index is 6.27. The van der Waals surface area contributed by atoms with Gasteiger partial charge in [-0.05, 0) is 48.5 Å². The molecule has 2 aromatic rings. The minimum Gasteiger partial charge on any atom is -0.309 e. The van der Waals surface area contributed by atoms with Crippen LogP contribution >= 0.6 is 39.1 Å². The first-order valence-electron chi connectivity index (χ1n) is 5.49. The normalized spacial score (nSPS) is 12.4. The van der Waals surface area contributed by atoms with Gasteiger partial charge in [-0.15, -0.1) is 0 Å². The molecule has 94 valence electrons. The minimum atomic E-state index is 0.0219. The van der Waals surface area contributed by atoms with Crippen LogP contribution in [0.3, 0.4) is 0 Å². The lowest BCUT2D eigenvalue weighted by Gasteiger charge is -2.19. The largest absolute Gasteiger partial charge is 0.309 e. The van der Waals surface area contributed by atoms with E-state index in [9.17, 15) is 0 Å². The molecule has 0 bridgehead atoms. The molecule has 0 spiro atoms. The van der Waals surface area contributed by atoms with Crippen LogP contribution in [0.2, 0.25) is 10.0 Å². The second-order valence-corrected chi connectivity index (χ2v) is 5.70. The van der Waals surface area contributed by atoms with Gasteiger partial charge in [-0.2, -0.15) is 0 Å². The Kier molecular flexibility index (Phi) is 4.68. The van der Waals surface area contributed by atoms with Crippen molar-refractivity contribution in [2.45, 2.75) is 6.04 Å². The Labute approximate surface area is 125 Å². The second-order valence-electron chi connectivity index (χ2n) is 3.94. The molecule has 0 heterocycles. The van der Waals surface area contributed by atoms with Crippen LogP contribution < -0.4 is 5.32 Å². The summed E-state index contributed by atoms with van der Waals surface area (Å²) in [6, 6.07) is 13.6. The van der Waals surface area contributed by atoms with Crippen molar-refractivity contribution in [3.05, 3.63) is 68.1 Å². The maximum Gasteiger partial charge on any atom is 0.0589 e. The van der Waals surface area contributed by atoms with Gasteiger partial charge in [0.25, 0.3) is 0 Å². The van der Waals surface area contributed by atoms with Crippen LogP contribution in [0.1, 0.15) is 17.2 Å². The predicted octanol–water partition coefficient (Wildman–Crippen LogP) is 5.06. The van der Waals surface area contributed by atoms with Crippen LogP contribution in [0.5, 0.6) is 0 Å². The van der Waals surface area contributed by atoms with Gasteiger partial charge in [0.05, 0.1) is 6.04 Å². The molecule has 0 amide bonds. The highest BCUT2D eigenvalue weighted by Gasteiger charge is 2.15. The van der Waals surface area contributed by atoms with E-state index in [1.807, 2.05) is 49.5 Å². The highest BCUT2D eigenvalue weighted by Crippen LogP contribution is 2.31. The van der Waals surface area contributed by atoms with Crippen molar-refractivity contribution < 1.29 is 0 Å². The zero-order valence-corrected chi connectivity index (χ0v) is 12.9. The molecule has 1 nitrogen and oxygen atoms in total. The summed E-state index contributed by atoms with van der Waals surface area (Å²) in [6.07, 6.45) is 0. The standard InChI is InChI=1S/C14H12BrCl2N/c1-18-14(9-3-2-4-11(16)7-9)12-8-10(15)5-6-13(12)17/h2-8,14,18H,1H3. The number of halogens is 3. The van der Waals surface area contributed by atoms with Crippen molar-refractivity contribution in [2.75, 3.05) is 7.05 Å². The van der Waals surface area contributed by atoms with Crippen molar-refractivity contribution in [1.29, 1.82) is 0 Å². The summed E-state index contributed by atoms with van der Waals surface area (Å²) in [5.74, 6) is 0. The van der Waals surface area contributed by atoms with Crippen molar-refractivity contribution in [2.24, 2.45) is 0 Å². The fourth-order valence-electron chi connectivity index (χ4n) is 1.92. The van der Waals surface area contributed by atoms with Crippen LogP contribution in [-0.2, 0) is 0 Å². The molecule has 1 unspecified atom stereocenters. The predicted molar refractivity (Wildman–Crippen MR) is 81.5 cm³/mol. The van der Waals surface area contributed by atoms with E-state index in [-0.39, 0.29) is 6.04 Å². The monoisotopic (exact) mass is 343 g/mol. The molecular formula is C14H12BrCl2N. The third-order valence-corrected chi connectivity index (χ3v) is 3.81. The summed E-state index contributed by atoms with van der Waals surface area (Å²) in [5, 5.41) is 4.72. The van der Waals surface area contributed by atoms with E-state index in [0.717, 1.165) is 25.6 Å². The molecule has 0 radical (unpaired) electrons. The van der Waals surface area contributed by atoms with E-state index in [1.165, 1.54) is 0 Å². The molecule has 1 atom stereocenters. The molecule has 0 aromatic heterocycles. The van der Waals surface area contributed by atoms with Crippen molar-refractivity contribution >= 4 is 39.1 Å². The lowest BCUT2D eigenvalue weighted by Crippen LogP contribution is -2.18. The van der Waals surface area contributed by atoms with Gasteiger partial charge in [0.1, 0.15) is 0 Å². The summed E-state index contributed by atoms with van der Waals surface area (Å²) in [7, 11) is 1.91. The molecule has 18 heavy (non-hydrogen) atoms. The Morgan fingerprint density at radius 2 is 1.89 bits per heavy atom. The van der Waals surface area contributed by atoms with Gasteiger partial charge in [-0.3, -0.25) is 0 Å². The summed E-state index contributed by atoms with van der Waals surface area (Å²) < 4.78 is 1.00. The third kappa shape index (κ3) is 3.07.